The first-order chi connectivity index (χ1) is 15.6. The van der Waals surface area contributed by atoms with Crippen molar-refractivity contribution >= 4 is 39.1 Å². The minimum absolute atomic E-state index is 0.258. The van der Waals surface area contributed by atoms with Crippen molar-refractivity contribution in [3.05, 3.63) is 64.7 Å². The van der Waals surface area contributed by atoms with Crippen molar-refractivity contribution in [3.8, 4) is 0 Å². The number of anilines is 1. The van der Waals surface area contributed by atoms with Gasteiger partial charge in [-0.25, -0.2) is 8.42 Å². The minimum atomic E-state index is -3.79. The van der Waals surface area contributed by atoms with Crippen molar-refractivity contribution in [2.75, 3.05) is 30.2 Å². The number of amides is 2. The number of carbonyl (C=O) groups excluding carboxylic acids is 2. The Hall–Kier alpha value is -2.58. The van der Waals surface area contributed by atoms with Gasteiger partial charge in [0.15, 0.2) is 0 Å². The number of likely N-dealkylation sites (N-methyl/N-ethyl adjacent to an activating group) is 1. The summed E-state index contributed by atoms with van der Waals surface area (Å²) < 4.78 is 26.3. The van der Waals surface area contributed by atoms with Gasteiger partial charge in [0.1, 0.15) is 12.6 Å². The molecule has 2 amide bonds. The van der Waals surface area contributed by atoms with Crippen LogP contribution in [0.3, 0.4) is 0 Å². The van der Waals surface area contributed by atoms with E-state index >= 15 is 0 Å². The molecule has 1 atom stereocenters. The molecule has 0 saturated carbocycles. The van der Waals surface area contributed by atoms with E-state index in [1.807, 2.05) is 44.2 Å². The fraction of sp³-hybridized carbons (Fsp3) is 0.417. The third-order valence-electron chi connectivity index (χ3n) is 5.41. The smallest absolute Gasteiger partial charge is 0.244 e. The molecule has 180 valence electrons. The van der Waals surface area contributed by atoms with E-state index in [0.29, 0.717) is 35.7 Å². The second-order valence-electron chi connectivity index (χ2n) is 7.79. The average molecular weight is 494 g/mol. The summed E-state index contributed by atoms with van der Waals surface area (Å²) in [5.74, 6) is -0.708. The number of nitrogens with zero attached hydrogens (tertiary/aromatic N) is 2. The van der Waals surface area contributed by atoms with Gasteiger partial charge >= 0.3 is 0 Å². The lowest BCUT2D eigenvalue weighted by Crippen LogP contribution is -2.53. The number of hydrogen-bond donors (Lipinski definition) is 1. The zero-order chi connectivity index (χ0) is 24.6. The van der Waals surface area contributed by atoms with Gasteiger partial charge in [-0.2, -0.15) is 0 Å². The fourth-order valence-electron chi connectivity index (χ4n) is 3.65. The molecule has 1 N–H and O–H groups in total. The molecule has 0 aliphatic carbocycles. The van der Waals surface area contributed by atoms with E-state index in [1.54, 1.807) is 25.1 Å². The highest BCUT2D eigenvalue weighted by Crippen LogP contribution is 2.28. The first-order valence-corrected chi connectivity index (χ1v) is 13.2. The second-order valence-corrected chi connectivity index (χ2v) is 10.1. The van der Waals surface area contributed by atoms with Gasteiger partial charge < -0.3 is 10.2 Å². The Labute approximate surface area is 201 Å². The number of hydrogen-bond acceptors (Lipinski definition) is 4. The predicted octanol–water partition coefficient (Wildman–Crippen LogP) is 3.40. The SMILES string of the molecule is CCNC(=O)[C@@H](CC)N(CCc1ccccc1)C(=O)CN(c1cccc(Cl)c1C)S(C)(=O)=O. The molecule has 0 spiro atoms. The molecular weight excluding hydrogens is 462 g/mol. The fourth-order valence-corrected chi connectivity index (χ4v) is 4.72. The second kappa shape index (κ2) is 12.0. The highest BCUT2D eigenvalue weighted by molar-refractivity contribution is 7.92. The summed E-state index contributed by atoms with van der Waals surface area (Å²) in [6.07, 6.45) is 2.00. The molecule has 9 heteroatoms. The van der Waals surface area contributed by atoms with E-state index in [-0.39, 0.29) is 12.5 Å². The third kappa shape index (κ3) is 7.20. The molecule has 33 heavy (non-hydrogen) atoms. The highest BCUT2D eigenvalue weighted by atomic mass is 35.5. The van der Waals surface area contributed by atoms with Gasteiger partial charge in [-0.3, -0.25) is 13.9 Å². The van der Waals surface area contributed by atoms with Crippen LogP contribution in [-0.4, -0.2) is 57.1 Å². The normalized spacial score (nSPS) is 12.2. The van der Waals surface area contributed by atoms with Crippen molar-refractivity contribution in [1.29, 1.82) is 0 Å². The Bertz CT molecular complexity index is 1060. The van der Waals surface area contributed by atoms with Crippen LogP contribution < -0.4 is 9.62 Å². The van der Waals surface area contributed by atoms with Gasteiger partial charge in [0.2, 0.25) is 21.8 Å². The summed E-state index contributed by atoms with van der Waals surface area (Å²) in [5.41, 5.74) is 1.92. The number of nitrogens with one attached hydrogen (secondary N) is 1. The molecule has 2 rings (SSSR count). The molecule has 0 fully saturated rings. The van der Waals surface area contributed by atoms with Crippen LogP contribution in [0.25, 0.3) is 0 Å². The molecule has 0 aliphatic rings. The van der Waals surface area contributed by atoms with Gasteiger partial charge in [-0.05, 0) is 49.9 Å². The van der Waals surface area contributed by atoms with Crippen LogP contribution in [-0.2, 0) is 26.0 Å². The highest BCUT2D eigenvalue weighted by Gasteiger charge is 2.31. The summed E-state index contributed by atoms with van der Waals surface area (Å²) >= 11 is 6.20. The third-order valence-corrected chi connectivity index (χ3v) is 6.94. The number of carbonyl (C=O) groups is 2. The Morgan fingerprint density at radius 3 is 2.30 bits per heavy atom. The minimum Gasteiger partial charge on any atom is -0.355 e. The van der Waals surface area contributed by atoms with Crippen LogP contribution in [0.4, 0.5) is 5.69 Å². The number of halogens is 1. The Morgan fingerprint density at radius 2 is 1.73 bits per heavy atom. The molecule has 0 bridgehead atoms. The van der Waals surface area contributed by atoms with E-state index < -0.39 is 28.5 Å². The van der Waals surface area contributed by atoms with Crippen molar-refractivity contribution in [2.45, 2.75) is 39.7 Å². The van der Waals surface area contributed by atoms with E-state index in [0.717, 1.165) is 16.1 Å². The quantitative estimate of drug-likeness (QED) is 0.519. The molecule has 0 radical (unpaired) electrons. The van der Waals surface area contributed by atoms with Crippen LogP contribution in [0.5, 0.6) is 0 Å². The molecule has 0 aliphatic heterocycles. The largest absolute Gasteiger partial charge is 0.355 e. The van der Waals surface area contributed by atoms with E-state index in [2.05, 4.69) is 5.32 Å². The summed E-state index contributed by atoms with van der Waals surface area (Å²) in [6, 6.07) is 13.9. The molecule has 7 nitrogen and oxygen atoms in total. The molecule has 0 heterocycles. The van der Waals surface area contributed by atoms with Gasteiger partial charge in [0, 0.05) is 18.1 Å². The van der Waals surface area contributed by atoms with Gasteiger partial charge in [-0.15, -0.1) is 0 Å². The molecule has 2 aromatic rings. The molecule has 0 aromatic heterocycles. The summed E-state index contributed by atoms with van der Waals surface area (Å²) in [6.45, 7) is 5.64. The number of rotatable bonds is 11. The lowest BCUT2D eigenvalue weighted by molar-refractivity contribution is -0.139. The van der Waals surface area contributed by atoms with Crippen molar-refractivity contribution < 1.29 is 18.0 Å². The zero-order valence-electron chi connectivity index (χ0n) is 19.5. The molecular formula is C24H32ClN3O4S. The maximum atomic E-state index is 13.5. The average Bonchev–Trinajstić information content (AvgIpc) is 2.77. The van der Waals surface area contributed by atoms with Crippen molar-refractivity contribution in [1.82, 2.24) is 10.2 Å². The topological polar surface area (TPSA) is 86.8 Å². The van der Waals surface area contributed by atoms with Crippen molar-refractivity contribution in [3.63, 3.8) is 0 Å². The lowest BCUT2D eigenvalue weighted by atomic mass is 10.1. The van der Waals surface area contributed by atoms with Gasteiger partial charge in [0.05, 0.1) is 11.9 Å². The number of benzene rings is 2. The standard InChI is InChI=1S/C24H32ClN3O4S/c1-5-21(24(30)26-6-2)27(16-15-19-11-8-7-9-12-19)23(29)17-28(33(4,31)32)22-14-10-13-20(25)18(22)3/h7-14,21H,5-6,15-17H2,1-4H3,(H,26,30)/t21-/m1/s1. The maximum absolute atomic E-state index is 13.5. The monoisotopic (exact) mass is 493 g/mol. The van der Waals surface area contributed by atoms with Crippen LogP contribution in [0.2, 0.25) is 5.02 Å². The van der Waals surface area contributed by atoms with E-state index in [1.165, 1.54) is 4.90 Å². The Morgan fingerprint density at radius 1 is 1.06 bits per heavy atom. The predicted molar refractivity (Wildman–Crippen MR) is 133 cm³/mol. The first-order valence-electron chi connectivity index (χ1n) is 10.9. The van der Waals surface area contributed by atoms with E-state index in [9.17, 15) is 18.0 Å². The summed E-state index contributed by atoms with van der Waals surface area (Å²) in [7, 11) is -3.79. The molecule has 2 aromatic carbocycles. The van der Waals surface area contributed by atoms with E-state index in [4.69, 9.17) is 11.6 Å². The molecule has 0 saturated heterocycles. The molecule has 0 unspecified atom stereocenters. The Balaban J connectivity index is 2.39. The van der Waals surface area contributed by atoms with Gasteiger partial charge in [0.25, 0.3) is 0 Å². The Kier molecular flexibility index (Phi) is 9.73. The summed E-state index contributed by atoms with van der Waals surface area (Å²) in [4.78, 5) is 27.7. The van der Waals surface area contributed by atoms with Crippen molar-refractivity contribution in [2.24, 2.45) is 0 Å². The lowest BCUT2D eigenvalue weighted by Gasteiger charge is -2.33. The first kappa shape index (κ1) is 26.7. The van der Waals surface area contributed by atoms with Crippen LogP contribution in [0.1, 0.15) is 31.4 Å². The van der Waals surface area contributed by atoms with Crippen LogP contribution in [0.15, 0.2) is 48.5 Å². The van der Waals surface area contributed by atoms with Gasteiger partial charge in [-0.1, -0.05) is 54.9 Å². The zero-order valence-corrected chi connectivity index (χ0v) is 21.1. The van der Waals surface area contributed by atoms with Crippen LogP contribution >= 0.6 is 11.6 Å². The number of sulfonamides is 1. The van der Waals surface area contributed by atoms with Crippen LogP contribution in [0, 0.1) is 6.92 Å². The maximum Gasteiger partial charge on any atom is 0.244 e. The summed E-state index contributed by atoms with van der Waals surface area (Å²) in [5, 5.41) is 3.19.